The summed E-state index contributed by atoms with van der Waals surface area (Å²) in [6.07, 6.45) is 2.62. The van der Waals surface area contributed by atoms with Crippen molar-refractivity contribution in [3.63, 3.8) is 0 Å². The third-order valence-electron chi connectivity index (χ3n) is 3.51. The van der Waals surface area contributed by atoms with Gasteiger partial charge in [-0.25, -0.2) is 0 Å². The van der Waals surface area contributed by atoms with Crippen LogP contribution in [0.25, 0.3) is 0 Å². The van der Waals surface area contributed by atoms with Crippen molar-refractivity contribution in [1.82, 2.24) is 15.5 Å². The number of nitrogens with zero attached hydrogens (tertiary/aromatic N) is 1. The van der Waals surface area contributed by atoms with E-state index >= 15 is 0 Å². The van der Waals surface area contributed by atoms with Gasteiger partial charge in [0.1, 0.15) is 17.6 Å². The van der Waals surface area contributed by atoms with Gasteiger partial charge in [-0.05, 0) is 45.4 Å². The number of nitrogens with one attached hydrogen (secondary N) is 2. The largest absolute Gasteiger partial charge is 0.465 e. The maximum Gasteiger partial charge on any atom is 0.242 e. The van der Waals surface area contributed by atoms with E-state index in [0.717, 1.165) is 24.4 Å². The fourth-order valence-electron chi connectivity index (χ4n) is 2.45. The molecule has 2 rings (SSSR count). The van der Waals surface area contributed by atoms with E-state index in [9.17, 15) is 9.59 Å². The molecule has 0 aliphatic carbocycles. The summed E-state index contributed by atoms with van der Waals surface area (Å²) < 4.78 is 5.48. The summed E-state index contributed by atoms with van der Waals surface area (Å²) in [5, 5.41) is 5.62. The lowest BCUT2D eigenvalue weighted by atomic mass is 10.1. The summed E-state index contributed by atoms with van der Waals surface area (Å²) in [7, 11) is 1.85. The third-order valence-corrected chi connectivity index (χ3v) is 3.51. The SMILES string of the molecule is Cc1ccc(CN(C)CC(=O)NC2CCCCNC2=O)o1. The Morgan fingerprint density at radius 3 is 3.00 bits per heavy atom. The van der Waals surface area contributed by atoms with Gasteiger partial charge in [-0.2, -0.15) is 0 Å². The van der Waals surface area contributed by atoms with Crippen LogP contribution in [-0.4, -0.2) is 42.9 Å². The molecule has 0 radical (unpaired) electrons. The molecule has 0 spiro atoms. The zero-order chi connectivity index (χ0) is 15.2. The van der Waals surface area contributed by atoms with Crippen molar-refractivity contribution in [2.45, 2.75) is 38.8 Å². The molecule has 2 heterocycles. The minimum absolute atomic E-state index is 0.0786. The lowest BCUT2D eigenvalue weighted by Crippen LogP contribution is -2.48. The Balaban J connectivity index is 1.79. The maximum absolute atomic E-state index is 12.0. The fourth-order valence-corrected chi connectivity index (χ4v) is 2.45. The Hall–Kier alpha value is -1.82. The van der Waals surface area contributed by atoms with Crippen molar-refractivity contribution >= 4 is 11.8 Å². The first kappa shape index (κ1) is 15.6. The van der Waals surface area contributed by atoms with E-state index in [0.29, 0.717) is 19.5 Å². The quantitative estimate of drug-likeness (QED) is 0.842. The smallest absolute Gasteiger partial charge is 0.242 e. The fraction of sp³-hybridized carbons (Fsp3) is 0.600. The molecule has 1 aliphatic heterocycles. The minimum atomic E-state index is -0.403. The number of furan rings is 1. The molecule has 1 atom stereocenters. The Bertz CT molecular complexity index is 498. The molecule has 1 saturated heterocycles. The summed E-state index contributed by atoms with van der Waals surface area (Å²) in [6, 6.07) is 3.40. The van der Waals surface area contributed by atoms with Crippen LogP contribution in [0.3, 0.4) is 0 Å². The van der Waals surface area contributed by atoms with Gasteiger partial charge in [0.2, 0.25) is 11.8 Å². The van der Waals surface area contributed by atoms with E-state index in [4.69, 9.17) is 4.42 Å². The van der Waals surface area contributed by atoms with E-state index < -0.39 is 6.04 Å². The van der Waals surface area contributed by atoms with Crippen LogP contribution < -0.4 is 10.6 Å². The van der Waals surface area contributed by atoms with E-state index in [1.807, 2.05) is 31.0 Å². The zero-order valence-electron chi connectivity index (χ0n) is 12.6. The van der Waals surface area contributed by atoms with Crippen LogP contribution in [0.2, 0.25) is 0 Å². The number of aryl methyl sites for hydroxylation is 1. The maximum atomic E-state index is 12.0. The second-order valence-corrected chi connectivity index (χ2v) is 5.59. The third kappa shape index (κ3) is 4.90. The molecule has 6 heteroatoms. The average molecular weight is 293 g/mol. The molecule has 0 bridgehead atoms. The second kappa shape index (κ2) is 7.26. The number of carbonyl (C=O) groups excluding carboxylic acids is 2. The van der Waals surface area contributed by atoms with Gasteiger partial charge >= 0.3 is 0 Å². The highest BCUT2D eigenvalue weighted by atomic mass is 16.3. The van der Waals surface area contributed by atoms with Gasteiger partial charge in [-0.3, -0.25) is 14.5 Å². The molecule has 2 amide bonds. The molecule has 2 N–H and O–H groups in total. The number of hydrogen-bond donors (Lipinski definition) is 2. The Morgan fingerprint density at radius 2 is 2.29 bits per heavy atom. The number of amides is 2. The monoisotopic (exact) mass is 293 g/mol. The first-order chi connectivity index (χ1) is 10.0. The molecular formula is C15H23N3O3. The van der Waals surface area contributed by atoms with Gasteiger partial charge in [-0.1, -0.05) is 0 Å². The van der Waals surface area contributed by atoms with Gasteiger partial charge in [0, 0.05) is 6.54 Å². The molecule has 1 fully saturated rings. The first-order valence-corrected chi connectivity index (χ1v) is 7.35. The molecule has 1 aliphatic rings. The lowest BCUT2D eigenvalue weighted by Gasteiger charge is -2.18. The molecule has 1 aromatic heterocycles. The van der Waals surface area contributed by atoms with Crippen LogP contribution in [0.15, 0.2) is 16.5 Å². The van der Waals surface area contributed by atoms with E-state index in [2.05, 4.69) is 10.6 Å². The van der Waals surface area contributed by atoms with Gasteiger partial charge in [-0.15, -0.1) is 0 Å². The van der Waals surface area contributed by atoms with Crippen molar-refractivity contribution in [1.29, 1.82) is 0 Å². The summed E-state index contributed by atoms with van der Waals surface area (Å²) in [4.78, 5) is 25.6. The van der Waals surface area contributed by atoms with Crippen molar-refractivity contribution in [2.24, 2.45) is 0 Å². The highest BCUT2D eigenvalue weighted by Crippen LogP contribution is 2.09. The second-order valence-electron chi connectivity index (χ2n) is 5.59. The summed E-state index contributed by atoms with van der Waals surface area (Å²) in [5.41, 5.74) is 0. The molecule has 0 aromatic carbocycles. The van der Waals surface area contributed by atoms with Crippen LogP contribution in [0.4, 0.5) is 0 Å². The number of rotatable bonds is 5. The van der Waals surface area contributed by atoms with Crippen molar-refractivity contribution in [2.75, 3.05) is 20.1 Å². The van der Waals surface area contributed by atoms with Gasteiger partial charge in [0.05, 0.1) is 13.1 Å². The predicted octanol–water partition coefficient (Wildman–Crippen LogP) is 0.805. The molecule has 0 saturated carbocycles. The van der Waals surface area contributed by atoms with Gasteiger partial charge in [0.15, 0.2) is 0 Å². The van der Waals surface area contributed by atoms with Crippen LogP contribution in [0, 0.1) is 6.92 Å². The minimum Gasteiger partial charge on any atom is -0.465 e. The standard InChI is InChI=1S/C15H23N3O3/c1-11-6-7-12(21-11)9-18(2)10-14(19)17-13-5-3-4-8-16-15(13)20/h6-7,13H,3-5,8-10H2,1-2H3,(H,16,20)(H,17,19). The van der Waals surface area contributed by atoms with Crippen LogP contribution >= 0.6 is 0 Å². The molecule has 1 aromatic rings. The average Bonchev–Trinajstić information content (AvgIpc) is 2.70. The van der Waals surface area contributed by atoms with Crippen LogP contribution in [0.5, 0.6) is 0 Å². The van der Waals surface area contributed by atoms with Crippen molar-refractivity contribution in [3.8, 4) is 0 Å². The molecule has 1 unspecified atom stereocenters. The Morgan fingerprint density at radius 1 is 1.48 bits per heavy atom. The van der Waals surface area contributed by atoms with Crippen LogP contribution in [-0.2, 0) is 16.1 Å². The van der Waals surface area contributed by atoms with E-state index in [1.165, 1.54) is 0 Å². The molecule has 6 nitrogen and oxygen atoms in total. The van der Waals surface area contributed by atoms with Crippen LogP contribution in [0.1, 0.15) is 30.8 Å². The van der Waals surface area contributed by atoms with E-state index in [1.54, 1.807) is 0 Å². The Kier molecular flexibility index (Phi) is 5.38. The summed E-state index contributed by atoms with van der Waals surface area (Å²) in [5.74, 6) is 1.47. The highest BCUT2D eigenvalue weighted by molar-refractivity contribution is 5.88. The molecule has 21 heavy (non-hydrogen) atoms. The number of likely N-dealkylation sites (N-methyl/N-ethyl adjacent to an activating group) is 1. The van der Waals surface area contributed by atoms with E-state index in [-0.39, 0.29) is 18.4 Å². The molecular weight excluding hydrogens is 270 g/mol. The highest BCUT2D eigenvalue weighted by Gasteiger charge is 2.22. The topological polar surface area (TPSA) is 74.6 Å². The number of hydrogen-bond acceptors (Lipinski definition) is 4. The predicted molar refractivity (Wildman–Crippen MR) is 78.6 cm³/mol. The first-order valence-electron chi connectivity index (χ1n) is 7.35. The molecule has 116 valence electrons. The lowest BCUT2D eigenvalue weighted by molar-refractivity contribution is -0.129. The van der Waals surface area contributed by atoms with Crippen molar-refractivity contribution in [3.05, 3.63) is 23.7 Å². The Labute approximate surface area is 124 Å². The zero-order valence-corrected chi connectivity index (χ0v) is 12.6. The number of carbonyl (C=O) groups is 2. The summed E-state index contributed by atoms with van der Waals surface area (Å²) in [6.45, 7) is 3.39. The van der Waals surface area contributed by atoms with Gasteiger partial charge < -0.3 is 15.1 Å². The van der Waals surface area contributed by atoms with Crippen molar-refractivity contribution < 1.29 is 14.0 Å². The van der Waals surface area contributed by atoms with Gasteiger partial charge in [0.25, 0.3) is 0 Å². The summed E-state index contributed by atoms with van der Waals surface area (Å²) >= 11 is 0. The normalized spacial score (nSPS) is 19.2.